The molecule has 2 aromatic carbocycles. The molecule has 0 saturated carbocycles. The van der Waals surface area contributed by atoms with E-state index in [1.807, 2.05) is 0 Å². The van der Waals surface area contributed by atoms with Crippen molar-refractivity contribution in [1.29, 1.82) is 0 Å². The van der Waals surface area contributed by atoms with Crippen LogP contribution in [-0.2, 0) is 21.2 Å². The maximum Gasteiger partial charge on any atom is 0.242 e. The van der Waals surface area contributed by atoms with Gasteiger partial charge in [0.15, 0.2) is 0 Å². The zero-order valence-electron chi connectivity index (χ0n) is 13.8. The third-order valence-electron chi connectivity index (χ3n) is 3.55. The van der Waals surface area contributed by atoms with Crippen molar-refractivity contribution in [2.45, 2.75) is 17.7 Å². The van der Waals surface area contributed by atoms with Crippen LogP contribution in [0.25, 0.3) is 0 Å². The van der Waals surface area contributed by atoms with Crippen LogP contribution < -0.4 is 5.32 Å². The zero-order chi connectivity index (χ0) is 18.6. The molecule has 0 spiro atoms. The number of anilines is 1. The van der Waals surface area contributed by atoms with Gasteiger partial charge in [-0.05, 0) is 42.3 Å². The van der Waals surface area contributed by atoms with E-state index in [9.17, 15) is 13.2 Å². The SMILES string of the molecule is CN(C)S(=O)(=O)c1ccc(CCC(=O)Nc2cc(Cl)ccc2Cl)cc1. The maximum atomic E-state index is 12.0. The fraction of sp³-hybridized carbons (Fsp3) is 0.235. The Labute approximate surface area is 157 Å². The third-order valence-corrected chi connectivity index (χ3v) is 5.94. The van der Waals surface area contributed by atoms with Crippen molar-refractivity contribution in [1.82, 2.24) is 4.31 Å². The molecule has 1 amide bonds. The summed E-state index contributed by atoms with van der Waals surface area (Å²) < 4.78 is 25.2. The van der Waals surface area contributed by atoms with Gasteiger partial charge in [-0.25, -0.2) is 12.7 Å². The lowest BCUT2D eigenvalue weighted by Crippen LogP contribution is -2.22. The number of nitrogens with one attached hydrogen (secondary N) is 1. The van der Waals surface area contributed by atoms with E-state index in [0.717, 1.165) is 9.87 Å². The second-order valence-corrected chi connectivity index (χ2v) is 8.60. The molecule has 0 saturated heterocycles. The second-order valence-electron chi connectivity index (χ2n) is 5.60. The molecule has 0 atom stereocenters. The van der Waals surface area contributed by atoms with Crippen LogP contribution in [0.2, 0.25) is 10.0 Å². The number of carbonyl (C=O) groups excluding carboxylic acids is 1. The van der Waals surface area contributed by atoms with Gasteiger partial charge in [0.25, 0.3) is 0 Å². The van der Waals surface area contributed by atoms with Crippen LogP contribution >= 0.6 is 23.2 Å². The summed E-state index contributed by atoms with van der Waals surface area (Å²) in [5.41, 5.74) is 1.33. The highest BCUT2D eigenvalue weighted by Gasteiger charge is 2.16. The normalized spacial score (nSPS) is 11.6. The fourth-order valence-corrected chi connectivity index (χ4v) is 3.34. The summed E-state index contributed by atoms with van der Waals surface area (Å²) in [7, 11) is -0.486. The lowest BCUT2D eigenvalue weighted by atomic mass is 10.1. The molecule has 2 rings (SSSR count). The number of hydrogen-bond donors (Lipinski definition) is 1. The third kappa shape index (κ3) is 5.19. The van der Waals surface area contributed by atoms with Gasteiger partial charge < -0.3 is 5.32 Å². The number of rotatable bonds is 6. The molecule has 5 nitrogen and oxygen atoms in total. The van der Waals surface area contributed by atoms with E-state index in [1.54, 1.807) is 30.3 Å². The lowest BCUT2D eigenvalue weighted by molar-refractivity contribution is -0.116. The van der Waals surface area contributed by atoms with E-state index < -0.39 is 10.0 Å². The lowest BCUT2D eigenvalue weighted by Gasteiger charge is -2.11. The number of hydrogen-bond acceptors (Lipinski definition) is 3. The van der Waals surface area contributed by atoms with Crippen molar-refractivity contribution >= 4 is 44.8 Å². The van der Waals surface area contributed by atoms with Gasteiger partial charge in [-0.2, -0.15) is 0 Å². The van der Waals surface area contributed by atoms with Crippen molar-refractivity contribution in [3.8, 4) is 0 Å². The Hall–Kier alpha value is -1.60. The Kier molecular flexibility index (Phi) is 6.46. The predicted molar refractivity (Wildman–Crippen MR) is 101 cm³/mol. The summed E-state index contributed by atoms with van der Waals surface area (Å²) in [5, 5.41) is 3.61. The average Bonchev–Trinajstić information content (AvgIpc) is 2.56. The van der Waals surface area contributed by atoms with Crippen LogP contribution in [0.3, 0.4) is 0 Å². The van der Waals surface area contributed by atoms with Crippen LogP contribution in [0.5, 0.6) is 0 Å². The van der Waals surface area contributed by atoms with Gasteiger partial charge in [0.2, 0.25) is 15.9 Å². The first-order valence-electron chi connectivity index (χ1n) is 7.46. The molecule has 25 heavy (non-hydrogen) atoms. The predicted octanol–water partition coefficient (Wildman–Crippen LogP) is 3.82. The maximum absolute atomic E-state index is 12.0. The van der Waals surface area contributed by atoms with Gasteiger partial charge in [0, 0.05) is 25.5 Å². The average molecular weight is 401 g/mol. The number of aryl methyl sites for hydroxylation is 1. The van der Waals surface area contributed by atoms with Crippen LogP contribution in [0, 0.1) is 0 Å². The summed E-state index contributed by atoms with van der Waals surface area (Å²) in [5.74, 6) is -0.200. The molecule has 2 aromatic rings. The molecular weight excluding hydrogens is 383 g/mol. The number of halogens is 2. The quantitative estimate of drug-likeness (QED) is 0.801. The minimum Gasteiger partial charge on any atom is -0.325 e. The molecule has 0 heterocycles. The summed E-state index contributed by atoms with van der Waals surface area (Å²) >= 11 is 11.9. The fourth-order valence-electron chi connectivity index (χ4n) is 2.10. The van der Waals surface area contributed by atoms with Gasteiger partial charge in [-0.15, -0.1) is 0 Å². The molecule has 0 fully saturated rings. The first-order valence-corrected chi connectivity index (χ1v) is 9.66. The van der Waals surface area contributed by atoms with E-state index in [1.165, 1.54) is 26.2 Å². The van der Waals surface area contributed by atoms with Crippen molar-refractivity contribution in [3.63, 3.8) is 0 Å². The molecule has 0 bridgehead atoms. The minimum absolute atomic E-state index is 0.200. The van der Waals surface area contributed by atoms with Gasteiger partial charge in [-0.3, -0.25) is 4.79 Å². The molecule has 1 N–H and O–H groups in total. The van der Waals surface area contributed by atoms with E-state index >= 15 is 0 Å². The Morgan fingerprint density at radius 2 is 1.72 bits per heavy atom. The van der Waals surface area contributed by atoms with Crippen molar-refractivity contribution < 1.29 is 13.2 Å². The summed E-state index contributed by atoms with van der Waals surface area (Å²) in [6.45, 7) is 0. The second kappa shape index (κ2) is 8.19. The molecule has 8 heteroatoms. The van der Waals surface area contributed by atoms with Crippen LogP contribution in [-0.4, -0.2) is 32.7 Å². The van der Waals surface area contributed by atoms with Gasteiger partial charge >= 0.3 is 0 Å². The molecule has 0 unspecified atom stereocenters. The summed E-state index contributed by atoms with van der Waals surface area (Å²) in [4.78, 5) is 12.3. The van der Waals surface area contributed by atoms with Gasteiger partial charge in [0.05, 0.1) is 15.6 Å². The van der Waals surface area contributed by atoms with Crippen molar-refractivity contribution in [2.24, 2.45) is 0 Å². The topological polar surface area (TPSA) is 66.5 Å². The number of amides is 1. The number of carbonyl (C=O) groups is 1. The molecule has 0 aliphatic carbocycles. The van der Waals surface area contributed by atoms with Crippen molar-refractivity contribution in [2.75, 3.05) is 19.4 Å². The monoisotopic (exact) mass is 400 g/mol. The van der Waals surface area contributed by atoms with E-state index in [4.69, 9.17) is 23.2 Å². The highest BCUT2D eigenvalue weighted by Crippen LogP contribution is 2.25. The van der Waals surface area contributed by atoms with Crippen LogP contribution in [0.4, 0.5) is 5.69 Å². The van der Waals surface area contributed by atoms with Crippen LogP contribution in [0.1, 0.15) is 12.0 Å². The molecule has 0 aliphatic rings. The molecule has 0 radical (unpaired) electrons. The van der Waals surface area contributed by atoms with E-state index in [2.05, 4.69) is 5.32 Å². The Morgan fingerprint density at radius 1 is 1.08 bits per heavy atom. The first-order chi connectivity index (χ1) is 11.7. The largest absolute Gasteiger partial charge is 0.325 e. The Morgan fingerprint density at radius 3 is 2.32 bits per heavy atom. The molecular formula is C17H18Cl2N2O3S. The number of benzene rings is 2. The summed E-state index contributed by atoms with van der Waals surface area (Å²) in [6, 6.07) is 11.3. The smallest absolute Gasteiger partial charge is 0.242 e. The van der Waals surface area contributed by atoms with Crippen molar-refractivity contribution in [3.05, 3.63) is 58.1 Å². The molecule has 0 aliphatic heterocycles. The van der Waals surface area contributed by atoms with Gasteiger partial charge in [0.1, 0.15) is 0 Å². The van der Waals surface area contributed by atoms with E-state index in [-0.39, 0.29) is 17.2 Å². The molecule has 0 aromatic heterocycles. The zero-order valence-corrected chi connectivity index (χ0v) is 16.1. The van der Waals surface area contributed by atoms with E-state index in [0.29, 0.717) is 22.2 Å². The number of nitrogens with zero attached hydrogens (tertiary/aromatic N) is 1. The highest BCUT2D eigenvalue weighted by atomic mass is 35.5. The Bertz CT molecular complexity index is 866. The Balaban J connectivity index is 1.97. The molecule has 134 valence electrons. The summed E-state index contributed by atoms with van der Waals surface area (Å²) in [6.07, 6.45) is 0.717. The standard InChI is InChI=1S/C17H18Cl2N2O3S/c1-21(2)25(23,24)14-7-3-12(4-8-14)5-10-17(22)20-16-11-13(18)6-9-15(16)19/h3-4,6-9,11H,5,10H2,1-2H3,(H,20,22). The highest BCUT2D eigenvalue weighted by molar-refractivity contribution is 7.89. The first kappa shape index (κ1) is 19.7. The van der Waals surface area contributed by atoms with Crippen LogP contribution in [0.15, 0.2) is 47.4 Å². The minimum atomic E-state index is -3.45. The van der Waals surface area contributed by atoms with Gasteiger partial charge in [-0.1, -0.05) is 35.3 Å². The number of sulfonamides is 1.